The molecule has 0 radical (unpaired) electrons. The average Bonchev–Trinajstić information content (AvgIpc) is 0.916. The summed E-state index contributed by atoms with van der Waals surface area (Å²) in [6, 6.07) is 127. The van der Waals surface area contributed by atoms with Gasteiger partial charge in [-0.1, -0.05) is 267 Å². The summed E-state index contributed by atoms with van der Waals surface area (Å²) in [5.41, 5.74) is 31.8. The van der Waals surface area contributed by atoms with Crippen molar-refractivity contribution in [3.63, 3.8) is 0 Å². The number of benzene rings is 14. The molecule has 4 bridgehead atoms. The summed E-state index contributed by atoms with van der Waals surface area (Å²) in [6.45, 7) is -0.190. The predicted octanol–water partition coefficient (Wildman–Crippen LogP) is 22.3. The van der Waals surface area contributed by atoms with Crippen LogP contribution in [-0.4, -0.2) is 23.4 Å². The molecule has 4 nitrogen and oxygen atoms in total. The van der Waals surface area contributed by atoms with E-state index in [4.69, 9.17) is 0 Å². The number of aromatic nitrogens is 1. The van der Waals surface area contributed by atoms with Gasteiger partial charge in [0.25, 0.3) is 6.71 Å². The number of piperidine rings is 2. The van der Waals surface area contributed by atoms with Crippen molar-refractivity contribution in [1.82, 2.24) is 4.57 Å². The molecule has 1 aromatic heterocycles. The summed E-state index contributed by atoms with van der Waals surface area (Å²) in [7, 11) is 0. The first-order chi connectivity index (χ1) is 48.6. The lowest BCUT2D eigenvalue weighted by molar-refractivity contribution is 0.0900. The molecule has 14 aromatic carbocycles. The molecule has 2 saturated carbocycles. The van der Waals surface area contributed by atoms with Crippen LogP contribution in [0.1, 0.15) is 32.1 Å². The number of para-hydroxylation sites is 2. The Labute approximate surface area is 573 Å². The minimum absolute atomic E-state index is 0.190. The van der Waals surface area contributed by atoms with Crippen molar-refractivity contribution < 1.29 is 0 Å². The van der Waals surface area contributed by atoms with E-state index in [1.807, 2.05) is 0 Å². The van der Waals surface area contributed by atoms with Gasteiger partial charge in [-0.05, 0) is 183 Å². The van der Waals surface area contributed by atoms with Crippen molar-refractivity contribution in [3.8, 4) is 83.6 Å². The van der Waals surface area contributed by atoms with E-state index >= 15 is 0 Å². The van der Waals surface area contributed by atoms with E-state index in [-0.39, 0.29) is 6.71 Å². The standard InChI is InChI=1S/C93H69BN4/c1-8-26-63(27-9-1)70-44-46-83-87(57-70)97(92-79(66-32-14-4-15-33-66)53-71(64-28-10-2-11-29-64)54-80(92)67-34-16-5-17-35-67)89-59-76(96-85-42-24-22-40-77(85)78-41-23-25-43-86(78)96)60-90-91(89)94(83)84-47-45-73(95-74-49-61-48-62(51-74)52-75(95)50-61)58-88(84)98(90)93-81(68-36-18-6-19-37-68)55-72(65-30-12-3-13-31-65)56-82(93)69-38-20-7-21-39-69/h1-47,53-62,74-75H,48-52H2. The molecule has 98 heavy (non-hydrogen) atoms. The molecule has 464 valence electrons. The lowest BCUT2D eigenvalue weighted by Crippen LogP contribution is -2.62. The van der Waals surface area contributed by atoms with E-state index in [9.17, 15) is 0 Å². The second-order valence-electron chi connectivity index (χ2n) is 27.9. The number of anilines is 7. The van der Waals surface area contributed by atoms with E-state index in [2.05, 4.69) is 353 Å². The summed E-state index contributed by atoms with van der Waals surface area (Å²) in [5.74, 6) is 1.64. The Morgan fingerprint density at radius 1 is 0.255 bits per heavy atom. The van der Waals surface area contributed by atoms with Crippen molar-refractivity contribution in [2.45, 2.75) is 44.2 Å². The van der Waals surface area contributed by atoms with Crippen molar-refractivity contribution in [1.29, 1.82) is 0 Å². The Morgan fingerprint density at radius 3 is 1.00 bits per heavy atom. The molecule has 5 heterocycles. The van der Waals surface area contributed by atoms with E-state index in [1.165, 1.54) is 110 Å². The quantitative estimate of drug-likeness (QED) is 0.120. The van der Waals surface area contributed by atoms with Crippen LogP contribution in [0.3, 0.4) is 0 Å². The summed E-state index contributed by atoms with van der Waals surface area (Å²) >= 11 is 0. The van der Waals surface area contributed by atoms with Crippen LogP contribution in [0.2, 0.25) is 0 Å². The Morgan fingerprint density at radius 2 is 0.592 bits per heavy atom. The highest BCUT2D eigenvalue weighted by Gasteiger charge is 2.49. The van der Waals surface area contributed by atoms with Crippen molar-refractivity contribution in [2.75, 3.05) is 14.7 Å². The molecule has 0 amide bonds. The van der Waals surface area contributed by atoms with Gasteiger partial charge in [-0.3, -0.25) is 0 Å². The van der Waals surface area contributed by atoms with Gasteiger partial charge in [0.05, 0.1) is 28.1 Å². The molecule has 21 rings (SSSR count). The fraction of sp³-hybridized carbons (Fsp3) is 0.0968. The fourth-order valence-electron chi connectivity index (χ4n) is 18.4. The Balaban J connectivity index is 0.977. The highest BCUT2D eigenvalue weighted by molar-refractivity contribution is 7.00. The smallest absolute Gasteiger partial charge is 0.252 e. The van der Waals surface area contributed by atoms with Gasteiger partial charge in [-0.25, -0.2) is 0 Å². The number of rotatable bonds is 11. The third kappa shape index (κ3) is 9.20. The van der Waals surface area contributed by atoms with Gasteiger partial charge in [0, 0.05) is 73.5 Å². The molecule has 6 aliphatic rings. The van der Waals surface area contributed by atoms with Crippen LogP contribution < -0.4 is 31.1 Å². The molecule has 15 aromatic rings. The lowest BCUT2D eigenvalue weighted by Gasteiger charge is -2.57. The SMILES string of the molecule is c1ccc(-c2cc(-c3ccccc3)c(N3c4cc(-c5ccccc5)ccc4B4c5ccc(N6C7CC8CC(C7)CC6C8)cc5N(c5c(-c6ccccc6)cc(-c6ccccc6)cc5-c5ccccc5)c5cc(-n6c7ccccc7c7ccccc76)cc3c54)c(-c3ccccc3)c2)cc1. The number of hydrogen-bond acceptors (Lipinski definition) is 3. The third-order valence-corrected chi connectivity index (χ3v) is 22.4. The molecule has 0 N–H and O–H groups in total. The van der Waals surface area contributed by atoms with Gasteiger partial charge in [-0.2, -0.15) is 0 Å². The summed E-state index contributed by atoms with van der Waals surface area (Å²) in [5, 5.41) is 2.45. The molecule has 0 unspecified atom stereocenters. The Kier molecular flexibility index (Phi) is 13.3. The molecule has 0 atom stereocenters. The van der Waals surface area contributed by atoms with Crippen molar-refractivity contribution in [2.24, 2.45) is 11.8 Å². The monoisotopic (exact) mass is 1250 g/mol. The number of hydrogen-bond donors (Lipinski definition) is 0. The minimum atomic E-state index is -0.190. The van der Waals surface area contributed by atoms with Crippen LogP contribution in [0.4, 0.5) is 39.8 Å². The largest absolute Gasteiger partial charge is 0.365 e. The van der Waals surface area contributed by atoms with E-state index in [0.29, 0.717) is 12.1 Å². The molecule has 4 fully saturated rings. The summed E-state index contributed by atoms with van der Waals surface area (Å²) in [6.07, 6.45) is 6.50. The second-order valence-corrected chi connectivity index (χ2v) is 27.9. The topological polar surface area (TPSA) is 14.7 Å². The Hall–Kier alpha value is -11.7. The van der Waals surface area contributed by atoms with E-state index in [1.54, 1.807) is 0 Å². The average molecular weight is 1250 g/mol. The second kappa shape index (κ2) is 23.0. The highest BCUT2D eigenvalue weighted by atomic mass is 15.2. The maximum Gasteiger partial charge on any atom is 0.252 e. The molecule has 2 aliphatic carbocycles. The molecule has 2 saturated heterocycles. The zero-order chi connectivity index (χ0) is 64.4. The number of nitrogens with zero attached hydrogens (tertiary/aromatic N) is 4. The van der Waals surface area contributed by atoms with Gasteiger partial charge in [0.15, 0.2) is 0 Å². The van der Waals surface area contributed by atoms with Crippen molar-refractivity contribution in [3.05, 3.63) is 334 Å². The van der Waals surface area contributed by atoms with Crippen LogP contribution in [0.5, 0.6) is 0 Å². The van der Waals surface area contributed by atoms with E-state index in [0.717, 1.165) is 95.9 Å². The third-order valence-electron chi connectivity index (χ3n) is 22.4. The summed E-state index contributed by atoms with van der Waals surface area (Å²) < 4.78 is 2.57. The van der Waals surface area contributed by atoms with Crippen LogP contribution in [-0.2, 0) is 0 Å². The first kappa shape index (κ1) is 56.7. The van der Waals surface area contributed by atoms with Gasteiger partial charge in [0.1, 0.15) is 0 Å². The first-order valence-corrected chi connectivity index (χ1v) is 35.2. The fourth-order valence-corrected chi connectivity index (χ4v) is 18.4. The lowest BCUT2D eigenvalue weighted by atomic mass is 9.33. The summed E-state index contributed by atoms with van der Waals surface area (Å²) in [4.78, 5) is 8.41. The first-order valence-electron chi connectivity index (χ1n) is 35.2. The zero-order valence-electron chi connectivity index (χ0n) is 54.5. The van der Waals surface area contributed by atoms with E-state index < -0.39 is 0 Å². The zero-order valence-corrected chi connectivity index (χ0v) is 54.5. The van der Waals surface area contributed by atoms with Gasteiger partial charge < -0.3 is 19.3 Å². The van der Waals surface area contributed by atoms with Gasteiger partial charge >= 0.3 is 0 Å². The Bertz CT molecular complexity index is 5380. The molecule has 4 aliphatic heterocycles. The normalized spacial score (nSPS) is 17.1. The molecule has 0 spiro atoms. The molecular weight excluding hydrogens is 1180 g/mol. The van der Waals surface area contributed by atoms with Crippen LogP contribution in [0.25, 0.3) is 105 Å². The van der Waals surface area contributed by atoms with Crippen LogP contribution in [0, 0.1) is 11.8 Å². The maximum absolute atomic E-state index is 2.91. The highest BCUT2D eigenvalue weighted by Crippen LogP contribution is 2.57. The number of fused-ring (bicyclic) bond motifs is 7. The van der Waals surface area contributed by atoms with Crippen molar-refractivity contribution >= 4 is 84.7 Å². The van der Waals surface area contributed by atoms with Crippen LogP contribution in [0.15, 0.2) is 334 Å². The van der Waals surface area contributed by atoms with Crippen LogP contribution >= 0.6 is 0 Å². The predicted molar refractivity (Wildman–Crippen MR) is 413 cm³/mol. The molecule has 5 heteroatoms. The molecular formula is C93H69BN4. The van der Waals surface area contributed by atoms with Gasteiger partial charge in [-0.15, -0.1) is 0 Å². The van der Waals surface area contributed by atoms with Gasteiger partial charge in [0.2, 0.25) is 0 Å². The minimum Gasteiger partial charge on any atom is -0.365 e. The maximum atomic E-state index is 2.91.